The molecule has 2 N–H and O–H groups in total. The number of aryl methyl sites for hydroxylation is 2. The zero-order valence-corrected chi connectivity index (χ0v) is 12.0. The summed E-state index contributed by atoms with van der Waals surface area (Å²) < 4.78 is 0. The van der Waals surface area contributed by atoms with Gasteiger partial charge in [0.2, 0.25) is 5.91 Å². The minimum absolute atomic E-state index is 0.0775. The summed E-state index contributed by atoms with van der Waals surface area (Å²) in [6, 6.07) is 3.48. The average molecular weight is 275 g/mol. The Morgan fingerprint density at radius 2 is 1.90 bits per heavy atom. The van der Waals surface area contributed by atoms with Gasteiger partial charge in [-0.05, 0) is 49.8 Å². The van der Waals surface area contributed by atoms with Crippen molar-refractivity contribution in [3.8, 4) is 0 Å². The first-order valence-electron chi connectivity index (χ1n) is 7.11. The van der Waals surface area contributed by atoms with Crippen LogP contribution in [0.3, 0.4) is 0 Å². The maximum Gasteiger partial charge on any atom is 0.337 e. The second-order valence-electron chi connectivity index (χ2n) is 5.71. The van der Waals surface area contributed by atoms with Gasteiger partial charge >= 0.3 is 5.97 Å². The van der Waals surface area contributed by atoms with Crippen LogP contribution in [0.4, 0.5) is 5.69 Å². The highest BCUT2D eigenvalue weighted by atomic mass is 16.4. The fourth-order valence-corrected chi connectivity index (χ4v) is 2.97. The summed E-state index contributed by atoms with van der Waals surface area (Å²) in [5, 5.41) is 12.1. The van der Waals surface area contributed by atoms with Crippen LogP contribution in [0, 0.1) is 19.8 Å². The normalized spacial score (nSPS) is 15.3. The van der Waals surface area contributed by atoms with E-state index < -0.39 is 5.97 Å². The molecule has 1 aliphatic carbocycles. The van der Waals surface area contributed by atoms with Crippen molar-refractivity contribution in [3.63, 3.8) is 0 Å². The number of benzene rings is 1. The van der Waals surface area contributed by atoms with Gasteiger partial charge in [-0.25, -0.2) is 4.79 Å². The third kappa shape index (κ3) is 3.38. The molecule has 1 aromatic carbocycles. The van der Waals surface area contributed by atoms with Crippen LogP contribution in [0.1, 0.15) is 53.6 Å². The van der Waals surface area contributed by atoms with E-state index in [0.717, 1.165) is 24.0 Å². The largest absolute Gasteiger partial charge is 0.478 e. The number of nitrogens with one attached hydrogen (secondary N) is 1. The number of hydrogen-bond acceptors (Lipinski definition) is 2. The van der Waals surface area contributed by atoms with Gasteiger partial charge in [-0.1, -0.05) is 18.9 Å². The molecular formula is C16H21NO3. The summed E-state index contributed by atoms with van der Waals surface area (Å²) >= 11 is 0. The van der Waals surface area contributed by atoms with Crippen LogP contribution in [0.5, 0.6) is 0 Å². The van der Waals surface area contributed by atoms with E-state index in [4.69, 9.17) is 0 Å². The number of amides is 1. The number of carbonyl (C=O) groups excluding carboxylic acids is 1. The van der Waals surface area contributed by atoms with Crippen molar-refractivity contribution in [2.75, 3.05) is 5.32 Å². The van der Waals surface area contributed by atoms with Gasteiger partial charge in [0.25, 0.3) is 0 Å². The van der Waals surface area contributed by atoms with Gasteiger partial charge in [-0.2, -0.15) is 0 Å². The zero-order valence-electron chi connectivity index (χ0n) is 12.0. The molecule has 1 amide bonds. The summed E-state index contributed by atoms with van der Waals surface area (Å²) in [7, 11) is 0. The van der Waals surface area contributed by atoms with Gasteiger partial charge in [0.15, 0.2) is 0 Å². The smallest absolute Gasteiger partial charge is 0.337 e. The lowest BCUT2D eigenvalue weighted by molar-refractivity contribution is -0.117. The molecule has 0 heterocycles. The summed E-state index contributed by atoms with van der Waals surface area (Å²) in [5.41, 5.74) is 2.28. The Kier molecular flexibility index (Phi) is 4.42. The van der Waals surface area contributed by atoms with Crippen molar-refractivity contribution in [2.24, 2.45) is 5.92 Å². The van der Waals surface area contributed by atoms with Crippen molar-refractivity contribution in [3.05, 3.63) is 28.8 Å². The van der Waals surface area contributed by atoms with E-state index >= 15 is 0 Å². The predicted octanol–water partition coefficient (Wildman–Crippen LogP) is 3.52. The molecule has 0 bridgehead atoms. The summed E-state index contributed by atoms with van der Waals surface area (Å²) in [6.45, 7) is 3.67. The van der Waals surface area contributed by atoms with E-state index in [1.165, 1.54) is 12.8 Å². The van der Waals surface area contributed by atoms with E-state index in [9.17, 15) is 14.7 Å². The number of hydrogen-bond donors (Lipinski definition) is 2. The fourth-order valence-electron chi connectivity index (χ4n) is 2.97. The summed E-state index contributed by atoms with van der Waals surface area (Å²) in [6.07, 6.45) is 5.09. The molecule has 0 spiro atoms. The van der Waals surface area contributed by atoms with Gasteiger partial charge in [0.05, 0.1) is 11.3 Å². The first kappa shape index (κ1) is 14.6. The first-order valence-corrected chi connectivity index (χ1v) is 7.11. The molecule has 1 aliphatic rings. The van der Waals surface area contributed by atoms with Crippen molar-refractivity contribution >= 4 is 17.6 Å². The molecule has 1 fully saturated rings. The summed E-state index contributed by atoms with van der Waals surface area (Å²) in [4.78, 5) is 23.4. The Balaban J connectivity index is 2.15. The Hall–Kier alpha value is -1.84. The van der Waals surface area contributed by atoms with E-state index in [0.29, 0.717) is 18.0 Å². The Morgan fingerprint density at radius 3 is 2.50 bits per heavy atom. The van der Waals surface area contributed by atoms with E-state index in [-0.39, 0.29) is 11.5 Å². The predicted molar refractivity (Wildman–Crippen MR) is 78.1 cm³/mol. The third-order valence-electron chi connectivity index (χ3n) is 3.92. The molecule has 4 heteroatoms. The number of carboxylic acids is 1. The van der Waals surface area contributed by atoms with E-state index in [1.54, 1.807) is 6.07 Å². The minimum Gasteiger partial charge on any atom is -0.478 e. The molecule has 0 aromatic heterocycles. The number of aromatic carboxylic acids is 1. The number of carboxylic acid groups (broad SMARTS) is 1. The number of rotatable bonds is 4. The lowest BCUT2D eigenvalue weighted by Gasteiger charge is -2.14. The molecular weight excluding hydrogens is 254 g/mol. The summed E-state index contributed by atoms with van der Waals surface area (Å²) in [5.74, 6) is -0.631. The standard InChI is InChI=1S/C16H21NO3/c1-10-7-11(2)15(13(8-10)16(19)20)17-14(18)9-12-5-3-4-6-12/h7-8,12H,3-6,9H2,1-2H3,(H,17,18)(H,19,20). The zero-order chi connectivity index (χ0) is 14.7. The molecule has 0 unspecified atom stereocenters. The molecule has 1 aromatic rings. The SMILES string of the molecule is Cc1cc(C)c(NC(=O)CC2CCCC2)c(C(=O)O)c1. The molecule has 0 radical (unpaired) electrons. The molecule has 108 valence electrons. The lowest BCUT2D eigenvalue weighted by Crippen LogP contribution is -2.18. The van der Waals surface area contributed by atoms with Crippen LogP contribution in [-0.2, 0) is 4.79 Å². The van der Waals surface area contributed by atoms with Crippen LogP contribution in [0.2, 0.25) is 0 Å². The fraction of sp³-hybridized carbons (Fsp3) is 0.500. The molecule has 20 heavy (non-hydrogen) atoms. The third-order valence-corrected chi connectivity index (χ3v) is 3.92. The molecule has 4 nitrogen and oxygen atoms in total. The van der Waals surface area contributed by atoms with Gasteiger partial charge in [-0.15, -0.1) is 0 Å². The number of carbonyl (C=O) groups is 2. The van der Waals surface area contributed by atoms with Crippen molar-refractivity contribution in [2.45, 2.75) is 46.0 Å². The highest BCUT2D eigenvalue weighted by molar-refractivity contribution is 6.01. The Bertz CT molecular complexity index is 531. The van der Waals surface area contributed by atoms with Crippen LogP contribution in [-0.4, -0.2) is 17.0 Å². The van der Waals surface area contributed by atoms with Crippen LogP contribution in [0.25, 0.3) is 0 Å². The van der Waals surface area contributed by atoms with Gasteiger partial charge in [-0.3, -0.25) is 4.79 Å². The van der Waals surface area contributed by atoms with Crippen molar-refractivity contribution in [1.82, 2.24) is 0 Å². The minimum atomic E-state index is -1.01. The van der Waals surface area contributed by atoms with Crippen LogP contribution >= 0.6 is 0 Å². The second-order valence-corrected chi connectivity index (χ2v) is 5.71. The van der Waals surface area contributed by atoms with Gasteiger partial charge < -0.3 is 10.4 Å². The maximum absolute atomic E-state index is 12.1. The monoisotopic (exact) mass is 275 g/mol. The molecule has 2 rings (SSSR count). The number of anilines is 1. The maximum atomic E-state index is 12.1. The average Bonchev–Trinajstić information content (AvgIpc) is 2.84. The first-order chi connectivity index (χ1) is 9.47. The topological polar surface area (TPSA) is 66.4 Å². The molecule has 1 saturated carbocycles. The lowest BCUT2D eigenvalue weighted by atomic mass is 10.0. The Labute approximate surface area is 119 Å². The Morgan fingerprint density at radius 1 is 1.25 bits per heavy atom. The van der Waals surface area contributed by atoms with Gasteiger partial charge in [0.1, 0.15) is 0 Å². The highest BCUT2D eigenvalue weighted by Gasteiger charge is 2.20. The van der Waals surface area contributed by atoms with Crippen molar-refractivity contribution < 1.29 is 14.7 Å². The highest BCUT2D eigenvalue weighted by Crippen LogP contribution is 2.29. The molecule has 0 saturated heterocycles. The van der Waals surface area contributed by atoms with Crippen LogP contribution < -0.4 is 5.32 Å². The van der Waals surface area contributed by atoms with Crippen LogP contribution in [0.15, 0.2) is 12.1 Å². The molecule has 0 aliphatic heterocycles. The van der Waals surface area contributed by atoms with Crippen molar-refractivity contribution in [1.29, 1.82) is 0 Å². The van der Waals surface area contributed by atoms with E-state index in [2.05, 4.69) is 5.32 Å². The quantitative estimate of drug-likeness (QED) is 0.883. The second kappa shape index (κ2) is 6.07. The van der Waals surface area contributed by atoms with Gasteiger partial charge in [0, 0.05) is 6.42 Å². The van der Waals surface area contributed by atoms with E-state index in [1.807, 2.05) is 19.9 Å². The molecule has 0 atom stereocenters.